The zero-order valence-electron chi connectivity index (χ0n) is 15.2. The van der Waals surface area contributed by atoms with E-state index in [0.717, 1.165) is 36.0 Å². The Bertz CT molecular complexity index is 672. The summed E-state index contributed by atoms with van der Waals surface area (Å²) in [4.78, 5) is 4.27. The number of hydrogen-bond acceptors (Lipinski definition) is 3. The Morgan fingerprint density at radius 3 is 2.48 bits per heavy atom. The fourth-order valence-electron chi connectivity index (χ4n) is 2.48. The van der Waals surface area contributed by atoms with E-state index in [1.54, 1.807) is 14.2 Å². The van der Waals surface area contributed by atoms with Gasteiger partial charge in [0.2, 0.25) is 0 Å². The molecule has 0 aliphatic heterocycles. The normalized spacial score (nSPS) is 11.1. The number of benzene rings is 2. The minimum absolute atomic E-state index is 0.607. The van der Waals surface area contributed by atoms with Crippen molar-refractivity contribution >= 4 is 5.96 Å². The molecular formula is C20H27N3O2. The summed E-state index contributed by atoms with van der Waals surface area (Å²) >= 11 is 0. The molecule has 2 aromatic carbocycles. The van der Waals surface area contributed by atoms with Crippen molar-refractivity contribution in [3.63, 3.8) is 0 Å². The molecule has 0 saturated carbocycles. The summed E-state index contributed by atoms with van der Waals surface area (Å²) in [6, 6.07) is 16.3. The SMILES string of the molecule is CCOc1cc(CNC(=NC)NCCc2ccccc2)ccc1OC. The molecule has 0 bridgehead atoms. The van der Waals surface area contributed by atoms with Crippen LogP contribution in [0.5, 0.6) is 11.5 Å². The smallest absolute Gasteiger partial charge is 0.191 e. The molecule has 0 aromatic heterocycles. The number of aliphatic imine (C=N–C) groups is 1. The molecule has 0 unspecified atom stereocenters. The maximum Gasteiger partial charge on any atom is 0.191 e. The monoisotopic (exact) mass is 341 g/mol. The lowest BCUT2D eigenvalue weighted by Crippen LogP contribution is -2.37. The summed E-state index contributed by atoms with van der Waals surface area (Å²) in [5.74, 6) is 2.29. The van der Waals surface area contributed by atoms with Gasteiger partial charge in [0.25, 0.3) is 0 Å². The maximum atomic E-state index is 5.62. The van der Waals surface area contributed by atoms with Crippen LogP contribution in [0.2, 0.25) is 0 Å². The van der Waals surface area contributed by atoms with Gasteiger partial charge >= 0.3 is 0 Å². The molecule has 134 valence electrons. The summed E-state index contributed by atoms with van der Waals surface area (Å²) in [5.41, 5.74) is 2.41. The lowest BCUT2D eigenvalue weighted by molar-refractivity contribution is 0.310. The highest BCUT2D eigenvalue weighted by atomic mass is 16.5. The van der Waals surface area contributed by atoms with Crippen LogP contribution in [0.25, 0.3) is 0 Å². The van der Waals surface area contributed by atoms with Crippen LogP contribution in [0.3, 0.4) is 0 Å². The van der Waals surface area contributed by atoms with E-state index in [1.165, 1.54) is 5.56 Å². The van der Waals surface area contributed by atoms with E-state index in [9.17, 15) is 0 Å². The minimum atomic E-state index is 0.607. The van der Waals surface area contributed by atoms with E-state index in [-0.39, 0.29) is 0 Å². The molecule has 2 rings (SSSR count). The molecular weight excluding hydrogens is 314 g/mol. The van der Waals surface area contributed by atoms with E-state index in [4.69, 9.17) is 9.47 Å². The molecule has 25 heavy (non-hydrogen) atoms. The summed E-state index contributed by atoms with van der Waals surface area (Å²) in [5, 5.41) is 6.65. The second-order valence-electron chi connectivity index (χ2n) is 5.51. The molecule has 0 aliphatic rings. The number of methoxy groups -OCH3 is 1. The Balaban J connectivity index is 1.84. The third kappa shape index (κ3) is 6.03. The van der Waals surface area contributed by atoms with Gasteiger partial charge in [0, 0.05) is 20.1 Å². The van der Waals surface area contributed by atoms with Crippen molar-refractivity contribution in [3.8, 4) is 11.5 Å². The highest BCUT2D eigenvalue weighted by Crippen LogP contribution is 2.27. The highest BCUT2D eigenvalue weighted by molar-refractivity contribution is 5.79. The number of guanidine groups is 1. The molecule has 5 nitrogen and oxygen atoms in total. The number of nitrogens with zero attached hydrogens (tertiary/aromatic N) is 1. The number of nitrogens with one attached hydrogen (secondary N) is 2. The van der Waals surface area contributed by atoms with Crippen molar-refractivity contribution in [3.05, 3.63) is 59.7 Å². The first-order valence-corrected chi connectivity index (χ1v) is 8.55. The molecule has 0 fully saturated rings. The van der Waals surface area contributed by atoms with Crippen LogP contribution < -0.4 is 20.1 Å². The minimum Gasteiger partial charge on any atom is -0.493 e. The van der Waals surface area contributed by atoms with Crippen LogP contribution in [0.15, 0.2) is 53.5 Å². The first kappa shape index (κ1) is 18.6. The number of hydrogen-bond donors (Lipinski definition) is 2. The maximum absolute atomic E-state index is 5.62. The Morgan fingerprint density at radius 1 is 1.00 bits per heavy atom. The fraction of sp³-hybridized carbons (Fsp3) is 0.350. The van der Waals surface area contributed by atoms with Crippen molar-refractivity contribution in [2.45, 2.75) is 19.9 Å². The molecule has 0 spiro atoms. The van der Waals surface area contributed by atoms with Gasteiger partial charge in [0.15, 0.2) is 17.5 Å². The van der Waals surface area contributed by atoms with Crippen LogP contribution in [0.1, 0.15) is 18.1 Å². The van der Waals surface area contributed by atoms with Gasteiger partial charge in [-0.25, -0.2) is 0 Å². The van der Waals surface area contributed by atoms with Gasteiger partial charge in [-0.05, 0) is 36.6 Å². The van der Waals surface area contributed by atoms with Gasteiger partial charge in [-0.2, -0.15) is 0 Å². The Hall–Kier alpha value is -2.69. The average molecular weight is 341 g/mol. The zero-order valence-corrected chi connectivity index (χ0v) is 15.2. The van der Waals surface area contributed by atoms with E-state index < -0.39 is 0 Å². The van der Waals surface area contributed by atoms with Crippen molar-refractivity contribution < 1.29 is 9.47 Å². The molecule has 0 aliphatic carbocycles. The molecule has 2 aromatic rings. The Labute approximate surface area is 150 Å². The van der Waals surface area contributed by atoms with E-state index in [2.05, 4.69) is 39.9 Å². The van der Waals surface area contributed by atoms with Crippen molar-refractivity contribution in [2.24, 2.45) is 4.99 Å². The third-order valence-electron chi connectivity index (χ3n) is 3.76. The summed E-state index contributed by atoms with van der Waals surface area (Å²) in [7, 11) is 3.42. The van der Waals surface area contributed by atoms with E-state index in [1.807, 2.05) is 31.2 Å². The molecule has 2 N–H and O–H groups in total. The predicted molar refractivity (Wildman–Crippen MR) is 103 cm³/mol. The van der Waals surface area contributed by atoms with Gasteiger partial charge in [-0.3, -0.25) is 4.99 Å². The largest absolute Gasteiger partial charge is 0.493 e. The summed E-state index contributed by atoms with van der Waals surface area (Å²) < 4.78 is 10.9. The third-order valence-corrected chi connectivity index (χ3v) is 3.76. The van der Waals surface area contributed by atoms with Crippen LogP contribution in [-0.4, -0.2) is 33.3 Å². The van der Waals surface area contributed by atoms with Gasteiger partial charge in [-0.15, -0.1) is 0 Å². The topological polar surface area (TPSA) is 54.9 Å². The summed E-state index contributed by atoms with van der Waals surface area (Å²) in [6.07, 6.45) is 0.957. The standard InChI is InChI=1S/C20H27N3O2/c1-4-25-19-14-17(10-11-18(19)24-3)15-23-20(21-2)22-13-12-16-8-6-5-7-9-16/h5-11,14H,4,12-13,15H2,1-3H3,(H2,21,22,23). The number of rotatable bonds is 8. The van der Waals surface area contributed by atoms with Gasteiger partial charge in [-0.1, -0.05) is 36.4 Å². The van der Waals surface area contributed by atoms with Crippen LogP contribution in [0.4, 0.5) is 0 Å². The van der Waals surface area contributed by atoms with Crippen molar-refractivity contribution in [2.75, 3.05) is 27.3 Å². The summed E-state index contributed by atoms with van der Waals surface area (Å²) in [6.45, 7) is 4.06. The lowest BCUT2D eigenvalue weighted by Gasteiger charge is -2.14. The molecule has 0 saturated heterocycles. The molecule has 0 radical (unpaired) electrons. The average Bonchev–Trinajstić information content (AvgIpc) is 2.66. The Morgan fingerprint density at radius 2 is 1.80 bits per heavy atom. The molecule has 0 amide bonds. The highest BCUT2D eigenvalue weighted by Gasteiger charge is 2.06. The van der Waals surface area contributed by atoms with Crippen molar-refractivity contribution in [1.82, 2.24) is 10.6 Å². The van der Waals surface area contributed by atoms with Gasteiger partial charge < -0.3 is 20.1 Å². The molecule has 0 atom stereocenters. The van der Waals surface area contributed by atoms with Gasteiger partial charge in [0.05, 0.1) is 13.7 Å². The van der Waals surface area contributed by atoms with Crippen LogP contribution in [0, 0.1) is 0 Å². The van der Waals surface area contributed by atoms with Crippen LogP contribution in [-0.2, 0) is 13.0 Å². The first-order chi connectivity index (χ1) is 12.3. The number of ether oxygens (including phenoxy) is 2. The van der Waals surface area contributed by atoms with E-state index in [0.29, 0.717) is 13.2 Å². The first-order valence-electron chi connectivity index (χ1n) is 8.55. The quantitative estimate of drug-likeness (QED) is 0.572. The lowest BCUT2D eigenvalue weighted by atomic mass is 10.1. The Kier molecular flexibility index (Phi) is 7.63. The predicted octanol–water partition coefficient (Wildman–Crippen LogP) is 3.00. The fourth-order valence-corrected chi connectivity index (χ4v) is 2.48. The molecule has 0 heterocycles. The second-order valence-corrected chi connectivity index (χ2v) is 5.51. The van der Waals surface area contributed by atoms with Gasteiger partial charge in [0.1, 0.15) is 0 Å². The molecule has 5 heteroatoms. The zero-order chi connectivity index (χ0) is 17.9. The van der Waals surface area contributed by atoms with E-state index >= 15 is 0 Å². The second kappa shape index (κ2) is 10.2. The van der Waals surface area contributed by atoms with Crippen molar-refractivity contribution in [1.29, 1.82) is 0 Å². The van der Waals surface area contributed by atoms with Crippen LogP contribution >= 0.6 is 0 Å².